The second kappa shape index (κ2) is 21.9. The summed E-state index contributed by atoms with van der Waals surface area (Å²) in [5, 5.41) is 8.72. The normalized spacial score (nSPS) is 11.6. The van der Waals surface area contributed by atoms with Gasteiger partial charge in [-0.25, -0.2) is 19.9 Å². The summed E-state index contributed by atoms with van der Waals surface area (Å²) in [5.74, 6) is 0. The molecule has 0 aliphatic carbocycles. The van der Waals surface area contributed by atoms with Crippen LogP contribution in [0.2, 0.25) is 0 Å². The number of pyridine rings is 8. The van der Waals surface area contributed by atoms with Crippen LogP contribution in [0.25, 0.3) is 177 Å². The van der Waals surface area contributed by atoms with E-state index >= 15 is 0 Å². The van der Waals surface area contributed by atoms with Gasteiger partial charge in [0.15, 0.2) is 0 Å². The Hall–Kier alpha value is -12.3. The van der Waals surface area contributed by atoms with Gasteiger partial charge in [-0.3, -0.25) is 19.9 Å². The Balaban J connectivity index is 0.844. The van der Waals surface area contributed by atoms with E-state index in [2.05, 4.69) is 250 Å². The van der Waals surface area contributed by atoms with Crippen molar-refractivity contribution >= 4 is 65.2 Å². The van der Waals surface area contributed by atoms with Crippen LogP contribution in [-0.4, -0.2) is 39.9 Å². The average molecular weight is 1150 g/mol. The molecule has 17 aromatic rings. The molecule has 0 N–H and O–H groups in total. The molecule has 0 saturated carbocycles. The van der Waals surface area contributed by atoms with E-state index in [9.17, 15) is 0 Å². The van der Waals surface area contributed by atoms with Crippen molar-refractivity contribution < 1.29 is 0 Å². The first-order valence-electron chi connectivity index (χ1n) is 30.1. The summed E-state index contributed by atoms with van der Waals surface area (Å²) < 4.78 is 0. The van der Waals surface area contributed by atoms with Crippen LogP contribution in [0.15, 0.2) is 304 Å². The molecule has 8 heterocycles. The quantitative estimate of drug-likeness (QED) is 0.125. The molecule has 9 aromatic carbocycles. The predicted molar refractivity (Wildman–Crippen MR) is 368 cm³/mol. The van der Waals surface area contributed by atoms with Crippen molar-refractivity contribution in [3.05, 3.63) is 304 Å². The molecule has 0 atom stereocenters. The zero-order valence-corrected chi connectivity index (χ0v) is 48.4. The molecule has 0 aliphatic heterocycles. The summed E-state index contributed by atoms with van der Waals surface area (Å²) in [6.45, 7) is 0. The third-order valence-electron chi connectivity index (χ3n) is 17.4. The van der Waals surface area contributed by atoms with Gasteiger partial charge >= 0.3 is 0 Å². The maximum absolute atomic E-state index is 5.67. The number of fused-ring (bicyclic) bond motifs is 8. The van der Waals surface area contributed by atoms with E-state index in [0.717, 1.165) is 144 Å². The van der Waals surface area contributed by atoms with Gasteiger partial charge in [0.25, 0.3) is 0 Å². The van der Waals surface area contributed by atoms with Gasteiger partial charge in [0.05, 0.1) is 44.8 Å². The van der Waals surface area contributed by atoms with Gasteiger partial charge in [-0.2, -0.15) is 0 Å². The summed E-state index contributed by atoms with van der Waals surface area (Å²) in [6.07, 6.45) is 14.9. The lowest BCUT2D eigenvalue weighted by atomic mass is 9.93. The summed E-state index contributed by atoms with van der Waals surface area (Å²) in [5.41, 5.74) is 22.8. The number of hydrogen-bond acceptors (Lipinski definition) is 8. The molecule has 0 aliphatic rings. The molecule has 0 saturated heterocycles. The van der Waals surface area contributed by atoms with Gasteiger partial charge in [-0.15, -0.1) is 0 Å². The lowest BCUT2D eigenvalue weighted by Crippen LogP contribution is -1.97. The molecule has 17 rings (SSSR count). The molecule has 0 fully saturated rings. The summed E-state index contributed by atoms with van der Waals surface area (Å²) in [4.78, 5) is 41.0. The second-order valence-electron chi connectivity index (χ2n) is 22.7. The Morgan fingerprint density at radius 1 is 0.178 bits per heavy atom. The molecule has 0 radical (unpaired) electrons. The standard InChI is InChI=1S/C82H50N8/c1-3-22-63-51(12-1)14-6-24-65(63)53-26-30-55(31-27-53)75-43-71(59-18-8-38-83-47-59)67-34-36-69-73(61-20-10-40-85-49-61)45-77(89-81(69)79(67)87-75)57-16-5-17-58(42-57)78-46-74(62-21-11-41-86-50-62)70-37-35-68-72(60-19-9-39-84-48-60)44-76(88-80(68)82(70)90-78)56-32-28-54(29-33-56)66-25-7-15-52-13-2-4-23-64(52)66/h1-50H. The molecule has 8 nitrogen and oxygen atoms in total. The highest BCUT2D eigenvalue weighted by atomic mass is 14.8. The minimum atomic E-state index is 0.775. The monoisotopic (exact) mass is 1150 g/mol. The molecular formula is C82H50N8. The first kappa shape index (κ1) is 52.1. The number of rotatable bonds is 10. The Labute approximate surface area is 518 Å². The SMILES string of the molecule is c1cc(-c2cc(-c3cccnc3)c3ccc4c(-c5cccnc5)cc(-c5ccc(-c6cccc7ccccc67)cc5)nc4c3n2)cc(-c2cc(-c3cccnc3)c3ccc4c(-c5cccnc5)cc(-c5ccc(-c6cccc7ccccc67)cc5)nc4c3n2)c1. The average Bonchev–Trinajstić information content (AvgIpc) is 1.21. The van der Waals surface area contributed by atoms with E-state index in [0.29, 0.717) is 0 Å². The van der Waals surface area contributed by atoms with Crippen LogP contribution < -0.4 is 0 Å². The first-order chi connectivity index (χ1) is 44.6. The second-order valence-corrected chi connectivity index (χ2v) is 22.7. The van der Waals surface area contributed by atoms with Gasteiger partial charge in [0, 0.05) is 116 Å². The van der Waals surface area contributed by atoms with Crippen LogP contribution in [0.4, 0.5) is 0 Å². The van der Waals surface area contributed by atoms with Crippen LogP contribution in [-0.2, 0) is 0 Å². The summed E-state index contributed by atoms with van der Waals surface area (Å²) >= 11 is 0. The highest BCUT2D eigenvalue weighted by Gasteiger charge is 2.21. The lowest BCUT2D eigenvalue weighted by Gasteiger charge is -2.16. The Morgan fingerprint density at radius 3 is 0.800 bits per heavy atom. The van der Waals surface area contributed by atoms with Crippen molar-refractivity contribution in [2.24, 2.45) is 0 Å². The Kier molecular flexibility index (Phi) is 12.7. The van der Waals surface area contributed by atoms with Crippen molar-refractivity contribution in [3.63, 3.8) is 0 Å². The van der Waals surface area contributed by atoms with Crippen LogP contribution in [0.1, 0.15) is 0 Å². The Bertz CT molecular complexity index is 5270. The topological polar surface area (TPSA) is 103 Å². The van der Waals surface area contributed by atoms with E-state index in [1.54, 1.807) is 0 Å². The fraction of sp³-hybridized carbons (Fsp3) is 0. The van der Waals surface area contributed by atoms with E-state index < -0.39 is 0 Å². The number of benzene rings is 9. The molecule has 8 aromatic heterocycles. The number of hydrogen-bond donors (Lipinski definition) is 0. The zero-order chi connectivity index (χ0) is 59.5. The molecule has 0 bridgehead atoms. The third kappa shape index (κ3) is 9.26. The lowest BCUT2D eigenvalue weighted by molar-refractivity contribution is 1.32. The summed E-state index contributed by atoms with van der Waals surface area (Å²) in [6, 6.07) is 90.0. The van der Waals surface area contributed by atoms with Crippen LogP contribution in [0, 0.1) is 0 Å². The molecule has 0 spiro atoms. The first-order valence-corrected chi connectivity index (χ1v) is 30.1. The smallest absolute Gasteiger partial charge is 0.0978 e. The van der Waals surface area contributed by atoms with Gasteiger partial charge in [0.2, 0.25) is 0 Å². The molecule has 0 amide bonds. The third-order valence-corrected chi connectivity index (χ3v) is 17.4. The van der Waals surface area contributed by atoms with Crippen molar-refractivity contribution in [2.45, 2.75) is 0 Å². The van der Waals surface area contributed by atoms with E-state index in [1.165, 1.54) is 32.7 Å². The van der Waals surface area contributed by atoms with Gasteiger partial charge < -0.3 is 0 Å². The molecule has 8 heteroatoms. The van der Waals surface area contributed by atoms with Crippen LogP contribution >= 0.6 is 0 Å². The van der Waals surface area contributed by atoms with Crippen molar-refractivity contribution in [1.29, 1.82) is 0 Å². The number of nitrogens with zero attached hydrogens (tertiary/aromatic N) is 8. The Morgan fingerprint density at radius 2 is 0.467 bits per heavy atom. The van der Waals surface area contributed by atoms with E-state index in [1.807, 2.05) is 73.8 Å². The fourth-order valence-corrected chi connectivity index (χ4v) is 13.0. The fourth-order valence-electron chi connectivity index (χ4n) is 13.0. The minimum Gasteiger partial charge on any atom is -0.264 e. The molecule has 418 valence electrons. The van der Waals surface area contributed by atoms with Crippen molar-refractivity contribution in [3.8, 4) is 112 Å². The maximum atomic E-state index is 5.67. The number of aromatic nitrogens is 8. The summed E-state index contributed by atoms with van der Waals surface area (Å²) in [7, 11) is 0. The molecular weight excluding hydrogens is 1100 g/mol. The minimum absolute atomic E-state index is 0.775. The van der Waals surface area contributed by atoms with Gasteiger partial charge in [-0.1, -0.05) is 200 Å². The van der Waals surface area contributed by atoms with Crippen molar-refractivity contribution in [2.75, 3.05) is 0 Å². The van der Waals surface area contributed by atoms with Gasteiger partial charge in [0.1, 0.15) is 0 Å². The highest BCUT2D eigenvalue weighted by Crippen LogP contribution is 2.43. The molecule has 0 unspecified atom stereocenters. The highest BCUT2D eigenvalue weighted by molar-refractivity contribution is 6.15. The predicted octanol–water partition coefficient (Wildman–Crippen LogP) is 20.4. The zero-order valence-electron chi connectivity index (χ0n) is 48.4. The van der Waals surface area contributed by atoms with Crippen LogP contribution in [0.5, 0.6) is 0 Å². The van der Waals surface area contributed by atoms with Crippen LogP contribution in [0.3, 0.4) is 0 Å². The van der Waals surface area contributed by atoms with Gasteiger partial charge in [-0.05, 0) is 121 Å². The van der Waals surface area contributed by atoms with E-state index in [4.69, 9.17) is 19.9 Å². The van der Waals surface area contributed by atoms with Crippen molar-refractivity contribution in [1.82, 2.24) is 39.9 Å². The molecule has 90 heavy (non-hydrogen) atoms. The largest absolute Gasteiger partial charge is 0.264 e. The maximum Gasteiger partial charge on any atom is 0.0978 e. The van der Waals surface area contributed by atoms with E-state index in [-0.39, 0.29) is 0 Å².